The largest absolute Gasteiger partial charge is 0.495 e. The van der Waals surface area contributed by atoms with Gasteiger partial charge in [0.05, 0.1) is 12.8 Å². The topological polar surface area (TPSA) is 44.8 Å². The van der Waals surface area contributed by atoms with Crippen molar-refractivity contribution in [3.8, 4) is 5.75 Å². The second-order valence-corrected chi connectivity index (χ2v) is 10.8. The maximum Gasteiger partial charge on any atom is 0.220 e. The zero-order valence-electron chi connectivity index (χ0n) is 19.2. The summed E-state index contributed by atoms with van der Waals surface area (Å²) in [5.74, 6) is 4.04. The first-order valence-electron chi connectivity index (χ1n) is 12.5. The number of amides is 1. The molecule has 5 nitrogen and oxygen atoms in total. The van der Waals surface area contributed by atoms with Gasteiger partial charge >= 0.3 is 0 Å². The zero-order chi connectivity index (χ0) is 21.3. The number of benzene rings is 1. The van der Waals surface area contributed by atoms with Crippen molar-refractivity contribution in [1.29, 1.82) is 0 Å². The van der Waals surface area contributed by atoms with Gasteiger partial charge in [0.25, 0.3) is 0 Å². The van der Waals surface area contributed by atoms with Crippen molar-refractivity contribution in [2.75, 3.05) is 51.3 Å². The van der Waals surface area contributed by atoms with Crippen LogP contribution in [0.1, 0.15) is 51.4 Å². The summed E-state index contributed by atoms with van der Waals surface area (Å²) in [6.07, 6.45) is 10.1. The number of anilines is 1. The summed E-state index contributed by atoms with van der Waals surface area (Å²) in [5, 5.41) is 3.25. The van der Waals surface area contributed by atoms with Crippen molar-refractivity contribution in [2.24, 2.45) is 23.2 Å². The number of nitrogens with zero attached hydrogens (tertiary/aromatic N) is 2. The molecule has 5 aliphatic rings. The van der Waals surface area contributed by atoms with Gasteiger partial charge in [-0.2, -0.15) is 0 Å². The molecule has 1 heterocycles. The normalized spacial score (nSPS) is 32.3. The fraction of sp³-hybridized carbons (Fsp3) is 0.731. The molecule has 1 amide bonds. The van der Waals surface area contributed by atoms with E-state index in [0.29, 0.717) is 11.3 Å². The van der Waals surface area contributed by atoms with Crippen LogP contribution in [0.4, 0.5) is 5.69 Å². The van der Waals surface area contributed by atoms with E-state index < -0.39 is 0 Å². The summed E-state index contributed by atoms with van der Waals surface area (Å²) in [7, 11) is 1.74. The number of carbonyl (C=O) groups excluding carboxylic acids is 1. The lowest BCUT2D eigenvalue weighted by Gasteiger charge is -2.56. The van der Waals surface area contributed by atoms with E-state index in [1.54, 1.807) is 7.11 Å². The minimum atomic E-state index is 0.308. The van der Waals surface area contributed by atoms with Crippen molar-refractivity contribution in [3.05, 3.63) is 24.3 Å². The van der Waals surface area contributed by atoms with E-state index in [1.807, 2.05) is 12.1 Å². The number of piperazine rings is 1. The Bertz CT molecular complexity index is 736. The molecule has 4 bridgehead atoms. The van der Waals surface area contributed by atoms with Crippen molar-refractivity contribution < 1.29 is 9.53 Å². The van der Waals surface area contributed by atoms with Gasteiger partial charge in [-0.1, -0.05) is 12.1 Å². The molecule has 0 unspecified atom stereocenters. The molecule has 0 aromatic heterocycles. The fourth-order valence-electron chi connectivity index (χ4n) is 7.54. The van der Waals surface area contributed by atoms with Crippen LogP contribution in [0.2, 0.25) is 0 Å². The van der Waals surface area contributed by atoms with Crippen LogP contribution in [-0.4, -0.2) is 57.2 Å². The van der Waals surface area contributed by atoms with Crippen LogP contribution in [0.15, 0.2) is 24.3 Å². The Kier molecular flexibility index (Phi) is 6.14. The summed E-state index contributed by atoms with van der Waals surface area (Å²) in [5.41, 5.74) is 1.55. The minimum absolute atomic E-state index is 0.308. The first-order valence-corrected chi connectivity index (χ1v) is 12.5. The van der Waals surface area contributed by atoms with E-state index in [-0.39, 0.29) is 0 Å². The highest BCUT2D eigenvalue weighted by Gasteiger charge is 2.51. The third-order valence-electron chi connectivity index (χ3n) is 8.47. The number of para-hydroxylation sites is 2. The quantitative estimate of drug-likeness (QED) is 0.641. The van der Waals surface area contributed by atoms with Gasteiger partial charge < -0.3 is 15.0 Å². The molecule has 4 aliphatic carbocycles. The fourth-order valence-corrected chi connectivity index (χ4v) is 7.54. The first-order chi connectivity index (χ1) is 15.1. The molecule has 1 saturated heterocycles. The van der Waals surface area contributed by atoms with E-state index in [9.17, 15) is 4.79 Å². The average molecular weight is 426 g/mol. The van der Waals surface area contributed by atoms with Crippen molar-refractivity contribution in [1.82, 2.24) is 10.2 Å². The monoisotopic (exact) mass is 425 g/mol. The standard InChI is InChI=1S/C26H39N3O2/c1-31-24-6-3-2-5-23(24)29-11-9-28(10-12-29)8-4-7-27-25(30)19-26-16-20-13-21(17-26)15-22(14-20)18-26/h2-3,5-6,20-22H,4,7-19H2,1H3,(H,27,30). The summed E-state index contributed by atoms with van der Waals surface area (Å²) in [6, 6.07) is 8.29. The van der Waals surface area contributed by atoms with Crippen LogP contribution >= 0.6 is 0 Å². The highest BCUT2D eigenvalue weighted by molar-refractivity contribution is 5.76. The van der Waals surface area contributed by atoms with E-state index in [0.717, 1.165) is 75.6 Å². The maximum absolute atomic E-state index is 12.7. The number of carbonyl (C=O) groups is 1. The SMILES string of the molecule is COc1ccccc1N1CCN(CCCNC(=O)CC23CC4CC(CC(C4)C2)C3)CC1. The summed E-state index contributed by atoms with van der Waals surface area (Å²) in [4.78, 5) is 17.6. The number of nitrogens with one attached hydrogen (secondary N) is 1. The number of hydrogen-bond donors (Lipinski definition) is 1. The van der Waals surface area contributed by atoms with Gasteiger partial charge in [0.1, 0.15) is 5.75 Å². The Morgan fingerprint density at radius 1 is 1.03 bits per heavy atom. The van der Waals surface area contributed by atoms with Crippen LogP contribution in [0.25, 0.3) is 0 Å². The first kappa shape index (κ1) is 21.1. The molecule has 5 fully saturated rings. The molecule has 5 heteroatoms. The number of hydrogen-bond acceptors (Lipinski definition) is 4. The molecular weight excluding hydrogens is 386 g/mol. The maximum atomic E-state index is 12.7. The molecule has 1 aliphatic heterocycles. The predicted molar refractivity (Wildman–Crippen MR) is 124 cm³/mol. The number of methoxy groups -OCH3 is 1. The third-order valence-corrected chi connectivity index (χ3v) is 8.47. The second-order valence-electron chi connectivity index (χ2n) is 10.8. The van der Waals surface area contributed by atoms with Gasteiger partial charge in [-0.25, -0.2) is 0 Å². The Labute approximate surface area is 187 Å². The van der Waals surface area contributed by atoms with E-state index in [4.69, 9.17) is 4.74 Å². The smallest absolute Gasteiger partial charge is 0.220 e. The van der Waals surface area contributed by atoms with Crippen LogP contribution in [0, 0.1) is 23.2 Å². The van der Waals surface area contributed by atoms with Gasteiger partial charge in [-0.3, -0.25) is 9.69 Å². The third kappa shape index (κ3) is 4.72. The van der Waals surface area contributed by atoms with Crippen LogP contribution < -0.4 is 15.0 Å². The van der Waals surface area contributed by atoms with E-state index in [1.165, 1.54) is 44.2 Å². The summed E-state index contributed by atoms with van der Waals surface area (Å²) < 4.78 is 5.52. The highest BCUT2D eigenvalue weighted by atomic mass is 16.5. The van der Waals surface area contributed by atoms with Gasteiger partial charge in [0.15, 0.2) is 0 Å². The van der Waals surface area contributed by atoms with E-state index in [2.05, 4.69) is 27.2 Å². The van der Waals surface area contributed by atoms with Crippen molar-refractivity contribution >= 4 is 11.6 Å². The Morgan fingerprint density at radius 3 is 2.32 bits per heavy atom. The highest BCUT2D eigenvalue weighted by Crippen LogP contribution is 2.61. The molecule has 1 N–H and O–H groups in total. The molecule has 0 atom stereocenters. The van der Waals surface area contributed by atoms with Crippen LogP contribution in [0.5, 0.6) is 5.75 Å². The predicted octanol–water partition coefficient (Wildman–Crippen LogP) is 3.93. The molecule has 1 aromatic carbocycles. The average Bonchev–Trinajstić information content (AvgIpc) is 2.76. The van der Waals surface area contributed by atoms with E-state index >= 15 is 0 Å². The molecular formula is C26H39N3O2. The number of ether oxygens (including phenoxy) is 1. The lowest BCUT2D eigenvalue weighted by molar-refractivity contribution is -0.129. The van der Waals surface area contributed by atoms with Gasteiger partial charge in [0, 0.05) is 39.1 Å². The van der Waals surface area contributed by atoms with Gasteiger partial charge in [0.2, 0.25) is 5.91 Å². The Balaban J connectivity index is 1.01. The Morgan fingerprint density at radius 2 is 1.68 bits per heavy atom. The van der Waals surface area contributed by atoms with Crippen LogP contribution in [-0.2, 0) is 4.79 Å². The molecule has 0 radical (unpaired) electrons. The molecule has 4 saturated carbocycles. The summed E-state index contributed by atoms with van der Waals surface area (Å²) in [6.45, 7) is 6.07. The summed E-state index contributed by atoms with van der Waals surface area (Å²) >= 11 is 0. The second kappa shape index (κ2) is 9.01. The molecule has 170 valence electrons. The van der Waals surface area contributed by atoms with Gasteiger partial charge in [-0.05, 0) is 86.8 Å². The lowest BCUT2D eigenvalue weighted by Crippen LogP contribution is -2.48. The Hall–Kier alpha value is -1.75. The number of rotatable bonds is 8. The zero-order valence-corrected chi connectivity index (χ0v) is 19.2. The van der Waals surface area contributed by atoms with Crippen LogP contribution in [0.3, 0.4) is 0 Å². The lowest BCUT2D eigenvalue weighted by atomic mass is 9.49. The molecule has 6 rings (SSSR count). The van der Waals surface area contributed by atoms with Crippen molar-refractivity contribution in [3.63, 3.8) is 0 Å². The molecule has 31 heavy (non-hydrogen) atoms. The minimum Gasteiger partial charge on any atom is -0.495 e. The van der Waals surface area contributed by atoms with Gasteiger partial charge in [-0.15, -0.1) is 0 Å². The molecule has 1 aromatic rings. The molecule has 0 spiro atoms. The van der Waals surface area contributed by atoms with Crippen molar-refractivity contribution in [2.45, 2.75) is 51.4 Å².